The van der Waals surface area contributed by atoms with Gasteiger partial charge in [0.1, 0.15) is 5.75 Å². The van der Waals surface area contributed by atoms with Gasteiger partial charge in [0.2, 0.25) is 0 Å². The van der Waals surface area contributed by atoms with Gasteiger partial charge in [-0.3, -0.25) is 0 Å². The molecule has 1 aromatic rings. The van der Waals surface area contributed by atoms with E-state index >= 15 is 0 Å². The lowest BCUT2D eigenvalue weighted by Crippen LogP contribution is -2.31. The number of ether oxygens (including phenoxy) is 1. The molecule has 0 aromatic heterocycles. The van der Waals surface area contributed by atoms with Crippen LogP contribution in [0.25, 0.3) is 0 Å². The first-order valence-corrected chi connectivity index (χ1v) is 7.45. The minimum absolute atomic E-state index is 0.156. The molecule has 0 saturated heterocycles. The quantitative estimate of drug-likeness (QED) is 0.878. The molecule has 1 aliphatic rings. The van der Waals surface area contributed by atoms with Crippen molar-refractivity contribution in [3.05, 3.63) is 28.8 Å². The summed E-state index contributed by atoms with van der Waals surface area (Å²) in [6.07, 6.45) is 6.38. The van der Waals surface area contributed by atoms with Gasteiger partial charge < -0.3 is 10.5 Å². The molecular weight excluding hydrogens is 234 g/mol. The van der Waals surface area contributed by atoms with E-state index in [9.17, 15) is 0 Å². The van der Waals surface area contributed by atoms with Crippen molar-refractivity contribution in [1.82, 2.24) is 0 Å². The smallest absolute Gasteiger partial charge is 0.124 e. The lowest BCUT2D eigenvalue weighted by Gasteiger charge is -2.35. The van der Waals surface area contributed by atoms with E-state index in [0.717, 1.165) is 5.75 Å². The zero-order chi connectivity index (χ0) is 14.0. The largest absolute Gasteiger partial charge is 0.496 e. The molecule has 0 bridgehead atoms. The van der Waals surface area contributed by atoms with Gasteiger partial charge in [0.25, 0.3) is 0 Å². The fraction of sp³-hybridized carbons (Fsp3) is 0.647. The summed E-state index contributed by atoms with van der Waals surface area (Å²) < 4.78 is 5.45. The minimum atomic E-state index is 0.156. The summed E-state index contributed by atoms with van der Waals surface area (Å²) >= 11 is 0. The fourth-order valence-corrected chi connectivity index (χ4v) is 3.80. The predicted molar refractivity (Wildman–Crippen MR) is 80.6 cm³/mol. The van der Waals surface area contributed by atoms with E-state index in [4.69, 9.17) is 10.5 Å². The maximum atomic E-state index is 6.63. The molecule has 2 N–H and O–H groups in total. The van der Waals surface area contributed by atoms with Crippen LogP contribution in [-0.4, -0.2) is 7.11 Å². The summed E-state index contributed by atoms with van der Waals surface area (Å²) in [4.78, 5) is 0. The van der Waals surface area contributed by atoms with Crippen molar-refractivity contribution in [3.63, 3.8) is 0 Å². The van der Waals surface area contributed by atoms with E-state index in [0.29, 0.717) is 5.41 Å². The van der Waals surface area contributed by atoms with E-state index in [1.165, 1.54) is 48.8 Å². The summed E-state index contributed by atoms with van der Waals surface area (Å²) in [5.41, 5.74) is 10.6. The van der Waals surface area contributed by atoms with E-state index < -0.39 is 0 Å². The first kappa shape index (κ1) is 14.4. The lowest BCUT2D eigenvalue weighted by atomic mass is 9.73. The number of nitrogens with two attached hydrogens (primary N) is 1. The molecule has 106 valence electrons. The molecule has 0 aliphatic heterocycles. The van der Waals surface area contributed by atoms with Crippen molar-refractivity contribution in [2.24, 2.45) is 11.1 Å². The third-order valence-corrected chi connectivity index (χ3v) is 5.01. The van der Waals surface area contributed by atoms with E-state index in [2.05, 4.69) is 32.9 Å². The second-order valence-corrected chi connectivity index (χ2v) is 6.09. The zero-order valence-corrected chi connectivity index (χ0v) is 12.8. The van der Waals surface area contributed by atoms with Crippen molar-refractivity contribution in [2.75, 3.05) is 7.11 Å². The molecule has 1 saturated carbocycles. The molecule has 2 rings (SSSR count). The first-order chi connectivity index (χ1) is 9.04. The summed E-state index contributed by atoms with van der Waals surface area (Å²) in [5.74, 6) is 0.993. The third-order valence-electron chi connectivity index (χ3n) is 5.01. The standard InChI is InChI=1S/C17H27NO/c1-5-17(8-6-7-9-17)16(18)14-10-12(2)15(19-4)13(3)11-14/h10-11,16H,5-9,18H2,1-4H3. The average molecular weight is 261 g/mol. The van der Waals surface area contributed by atoms with Gasteiger partial charge in [0, 0.05) is 6.04 Å². The van der Waals surface area contributed by atoms with Crippen LogP contribution in [0.15, 0.2) is 12.1 Å². The van der Waals surface area contributed by atoms with Gasteiger partial charge in [0.15, 0.2) is 0 Å². The molecule has 1 unspecified atom stereocenters. The summed E-state index contributed by atoms with van der Waals surface area (Å²) in [6, 6.07) is 4.58. The molecule has 1 aliphatic carbocycles. The van der Waals surface area contributed by atoms with Gasteiger partial charge >= 0.3 is 0 Å². The Morgan fingerprint density at radius 3 is 2.16 bits per heavy atom. The van der Waals surface area contributed by atoms with E-state index in [1.54, 1.807) is 7.11 Å². The average Bonchev–Trinajstić information content (AvgIpc) is 2.87. The molecule has 2 nitrogen and oxygen atoms in total. The topological polar surface area (TPSA) is 35.2 Å². The SMILES string of the molecule is CCC1(C(N)c2cc(C)c(OC)c(C)c2)CCCC1. The van der Waals surface area contributed by atoms with Crippen LogP contribution >= 0.6 is 0 Å². The summed E-state index contributed by atoms with van der Waals surface area (Å²) in [6.45, 7) is 6.50. The predicted octanol–water partition coefficient (Wildman–Crippen LogP) is 4.28. The van der Waals surface area contributed by atoms with E-state index in [-0.39, 0.29) is 6.04 Å². The van der Waals surface area contributed by atoms with Gasteiger partial charge in [-0.05, 0) is 55.2 Å². The Kier molecular flexibility index (Phi) is 4.19. The van der Waals surface area contributed by atoms with Crippen molar-refractivity contribution in [3.8, 4) is 5.75 Å². The highest BCUT2D eigenvalue weighted by Crippen LogP contribution is 2.49. The van der Waals surface area contributed by atoms with Crippen LogP contribution in [0.5, 0.6) is 5.75 Å². The second kappa shape index (κ2) is 5.54. The van der Waals surface area contributed by atoms with Crippen LogP contribution in [0, 0.1) is 19.3 Å². The number of hydrogen-bond donors (Lipinski definition) is 1. The van der Waals surface area contributed by atoms with Crippen LogP contribution in [0.1, 0.15) is 61.8 Å². The Bertz CT molecular complexity index is 424. The Morgan fingerprint density at radius 2 is 1.74 bits per heavy atom. The Hall–Kier alpha value is -1.02. The van der Waals surface area contributed by atoms with Crippen LogP contribution in [0.2, 0.25) is 0 Å². The molecule has 1 aromatic carbocycles. The molecular formula is C17H27NO. The molecule has 1 fully saturated rings. The number of aryl methyl sites for hydroxylation is 2. The van der Waals surface area contributed by atoms with Crippen molar-refractivity contribution < 1.29 is 4.74 Å². The van der Waals surface area contributed by atoms with Crippen LogP contribution in [0.4, 0.5) is 0 Å². The normalized spacial score (nSPS) is 19.4. The highest BCUT2D eigenvalue weighted by Gasteiger charge is 2.38. The number of rotatable bonds is 4. The van der Waals surface area contributed by atoms with Gasteiger partial charge in [0.05, 0.1) is 7.11 Å². The highest BCUT2D eigenvalue weighted by molar-refractivity contribution is 5.44. The van der Waals surface area contributed by atoms with Gasteiger partial charge in [-0.25, -0.2) is 0 Å². The molecule has 0 heterocycles. The van der Waals surface area contributed by atoms with Gasteiger partial charge in [-0.2, -0.15) is 0 Å². The third kappa shape index (κ3) is 2.51. The maximum absolute atomic E-state index is 6.63. The Balaban J connectivity index is 2.36. The fourth-order valence-electron chi connectivity index (χ4n) is 3.80. The van der Waals surface area contributed by atoms with Crippen LogP contribution < -0.4 is 10.5 Å². The molecule has 1 atom stereocenters. The number of hydrogen-bond acceptors (Lipinski definition) is 2. The molecule has 2 heteroatoms. The first-order valence-electron chi connectivity index (χ1n) is 7.45. The van der Waals surface area contributed by atoms with Crippen molar-refractivity contribution in [2.45, 2.75) is 58.9 Å². The zero-order valence-electron chi connectivity index (χ0n) is 12.8. The van der Waals surface area contributed by atoms with Gasteiger partial charge in [-0.15, -0.1) is 0 Å². The lowest BCUT2D eigenvalue weighted by molar-refractivity contribution is 0.222. The Morgan fingerprint density at radius 1 is 1.21 bits per heavy atom. The molecule has 19 heavy (non-hydrogen) atoms. The van der Waals surface area contributed by atoms with Crippen LogP contribution in [-0.2, 0) is 0 Å². The highest BCUT2D eigenvalue weighted by atomic mass is 16.5. The van der Waals surface area contributed by atoms with Crippen molar-refractivity contribution in [1.29, 1.82) is 0 Å². The Labute approximate surface area is 117 Å². The molecule has 0 spiro atoms. The number of methoxy groups -OCH3 is 1. The molecule has 0 radical (unpaired) electrons. The molecule has 0 amide bonds. The van der Waals surface area contributed by atoms with E-state index in [1.807, 2.05) is 0 Å². The summed E-state index contributed by atoms with van der Waals surface area (Å²) in [5, 5.41) is 0. The second-order valence-electron chi connectivity index (χ2n) is 6.09. The van der Waals surface area contributed by atoms with Crippen molar-refractivity contribution >= 4 is 0 Å². The summed E-state index contributed by atoms with van der Waals surface area (Å²) in [7, 11) is 1.74. The monoisotopic (exact) mass is 261 g/mol. The minimum Gasteiger partial charge on any atom is -0.496 e. The van der Waals surface area contributed by atoms with Crippen LogP contribution in [0.3, 0.4) is 0 Å². The maximum Gasteiger partial charge on any atom is 0.124 e. The van der Waals surface area contributed by atoms with Gasteiger partial charge in [-0.1, -0.05) is 31.9 Å². The number of benzene rings is 1.